The summed E-state index contributed by atoms with van der Waals surface area (Å²) in [4.78, 5) is 5.36. The molecule has 2 aromatic carbocycles. The van der Waals surface area contributed by atoms with Gasteiger partial charge >= 0.3 is 0 Å². The van der Waals surface area contributed by atoms with E-state index in [-0.39, 0.29) is 11.6 Å². The highest BCUT2D eigenvalue weighted by Crippen LogP contribution is 2.34. The third-order valence-electron chi connectivity index (χ3n) is 6.33. The van der Waals surface area contributed by atoms with E-state index in [4.69, 9.17) is 11.6 Å². The lowest BCUT2D eigenvalue weighted by molar-refractivity contribution is 0.128. The number of rotatable bonds is 4. The zero-order chi connectivity index (χ0) is 23.3. The van der Waals surface area contributed by atoms with E-state index in [9.17, 15) is 8.42 Å². The summed E-state index contributed by atoms with van der Waals surface area (Å²) in [6, 6.07) is 12.9. The monoisotopic (exact) mass is 473 g/mol. The minimum atomic E-state index is -3.71. The van der Waals surface area contributed by atoms with E-state index in [1.807, 2.05) is 42.7 Å². The normalized spacial score (nSPS) is 16.3. The van der Waals surface area contributed by atoms with Crippen molar-refractivity contribution >= 4 is 38.0 Å². The Labute approximate surface area is 196 Å². The Balaban J connectivity index is 1.70. The highest BCUT2D eigenvalue weighted by Gasteiger charge is 2.28. The van der Waals surface area contributed by atoms with Crippen molar-refractivity contribution in [2.45, 2.75) is 56.0 Å². The molecule has 1 aromatic heterocycles. The summed E-state index contributed by atoms with van der Waals surface area (Å²) in [7, 11) is -3.71. The maximum absolute atomic E-state index is 13.7. The number of benzene rings is 2. The molecule has 0 N–H and O–H groups in total. The zero-order valence-corrected chi connectivity index (χ0v) is 21.0. The molecule has 2 heterocycles. The van der Waals surface area contributed by atoms with E-state index in [2.05, 4.69) is 30.6 Å². The molecule has 172 valence electrons. The van der Waals surface area contributed by atoms with Gasteiger partial charge in [-0.15, -0.1) is 0 Å². The van der Waals surface area contributed by atoms with Crippen molar-refractivity contribution in [1.29, 1.82) is 0 Å². The summed E-state index contributed by atoms with van der Waals surface area (Å²) >= 11 is 6.23. The smallest absolute Gasteiger partial charge is 0.208 e. The van der Waals surface area contributed by atoms with Crippen molar-refractivity contribution in [3.05, 3.63) is 53.7 Å². The summed E-state index contributed by atoms with van der Waals surface area (Å²) in [5.41, 5.74) is 1.96. The molecule has 1 saturated heterocycles. The highest BCUT2D eigenvalue weighted by molar-refractivity contribution is 7.91. The molecule has 3 aromatic rings. The molecular weight excluding hydrogens is 442 g/mol. The maximum Gasteiger partial charge on any atom is 0.208 e. The predicted molar refractivity (Wildman–Crippen MR) is 133 cm³/mol. The number of aromatic nitrogens is 1. The van der Waals surface area contributed by atoms with Gasteiger partial charge in [0.2, 0.25) is 9.84 Å². The van der Waals surface area contributed by atoms with E-state index >= 15 is 0 Å². The Bertz CT molecular complexity index is 1230. The molecule has 0 atom stereocenters. The fourth-order valence-corrected chi connectivity index (χ4v) is 6.11. The van der Waals surface area contributed by atoms with Gasteiger partial charge in [0.15, 0.2) is 0 Å². The first-order valence-electron chi connectivity index (χ1n) is 11.1. The van der Waals surface area contributed by atoms with Crippen LogP contribution in [0.2, 0.25) is 5.02 Å². The van der Waals surface area contributed by atoms with Gasteiger partial charge in [-0.3, -0.25) is 4.90 Å². The largest absolute Gasteiger partial charge is 0.369 e. The van der Waals surface area contributed by atoms with Gasteiger partial charge < -0.3 is 9.47 Å². The number of halogens is 1. The second kappa shape index (κ2) is 8.40. The zero-order valence-electron chi connectivity index (χ0n) is 19.5. The van der Waals surface area contributed by atoms with Crippen molar-refractivity contribution in [2.75, 3.05) is 31.1 Å². The average molecular weight is 474 g/mol. The van der Waals surface area contributed by atoms with E-state index in [0.717, 1.165) is 37.4 Å². The Kier molecular flexibility index (Phi) is 6.07. The topological polar surface area (TPSA) is 45.6 Å². The predicted octanol–water partition coefficient (Wildman–Crippen LogP) is 5.63. The molecule has 4 rings (SSSR count). The lowest BCUT2D eigenvalue weighted by Gasteiger charge is -2.43. The summed E-state index contributed by atoms with van der Waals surface area (Å²) in [6.07, 6.45) is 1.75. The Hall–Kier alpha value is -2.02. The SMILES string of the molecule is CC(C)n1cc(S(=O)(=O)c2cccc(N3CCN(C(C)(C)C)CC3)c2)c2cc(Cl)ccc21. The van der Waals surface area contributed by atoms with Gasteiger partial charge in [-0.05, 0) is 71.0 Å². The van der Waals surface area contributed by atoms with Crippen LogP contribution in [0.25, 0.3) is 10.9 Å². The van der Waals surface area contributed by atoms with Crippen molar-refractivity contribution in [3.8, 4) is 0 Å². The molecule has 1 aliphatic heterocycles. The molecule has 0 aliphatic carbocycles. The van der Waals surface area contributed by atoms with Crippen LogP contribution in [-0.4, -0.2) is 49.6 Å². The van der Waals surface area contributed by atoms with E-state index in [1.54, 1.807) is 24.4 Å². The number of nitrogens with zero attached hydrogens (tertiary/aromatic N) is 3. The average Bonchev–Trinajstić information content (AvgIpc) is 3.13. The van der Waals surface area contributed by atoms with Gasteiger partial charge in [-0.25, -0.2) is 8.42 Å². The fourth-order valence-electron chi connectivity index (χ4n) is 4.45. The summed E-state index contributed by atoms with van der Waals surface area (Å²) in [5.74, 6) is 0. The standard InChI is InChI=1S/C25H32ClN3O2S/c1-18(2)29-17-24(22-15-19(26)9-10-23(22)29)32(30,31)21-8-6-7-20(16-21)27-11-13-28(14-12-27)25(3,4)5/h6-10,15-18H,11-14H2,1-5H3. The molecule has 0 unspecified atom stereocenters. The highest BCUT2D eigenvalue weighted by atomic mass is 35.5. The summed E-state index contributed by atoms with van der Waals surface area (Å²) in [6.45, 7) is 14.5. The van der Waals surface area contributed by atoms with Crippen molar-refractivity contribution in [2.24, 2.45) is 0 Å². The van der Waals surface area contributed by atoms with Crippen molar-refractivity contribution in [1.82, 2.24) is 9.47 Å². The molecule has 0 radical (unpaired) electrons. The third kappa shape index (κ3) is 4.28. The van der Waals surface area contributed by atoms with Crippen LogP contribution in [0.1, 0.15) is 40.7 Å². The van der Waals surface area contributed by atoms with E-state index in [0.29, 0.717) is 20.2 Å². The molecule has 0 bridgehead atoms. The summed E-state index contributed by atoms with van der Waals surface area (Å²) < 4.78 is 29.5. The lowest BCUT2D eigenvalue weighted by Crippen LogP contribution is -2.53. The van der Waals surface area contributed by atoms with Gasteiger partial charge in [-0.1, -0.05) is 17.7 Å². The first-order chi connectivity index (χ1) is 15.0. The number of hydrogen-bond acceptors (Lipinski definition) is 4. The molecule has 0 spiro atoms. The van der Waals surface area contributed by atoms with Crippen LogP contribution in [-0.2, 0) is 9.84 Å². The van der Waals surface area contributed by atoms with Crippen LogP contribution in [0.3, 0.4) is 0 Å². The van der Waals surface area contributed by atoms with Crippen LogP contribution in [0.5, 0.6) is 0 Å². The number of anilines is 1. The summed E-state index contributed by atoms with van der Waals surface area (Å²) in [5, 5.41) is 1.19. The third-order valence-corrected chi connectivity index (χ3v) is 8.34. The first kappa shape index (κ1) is 23.1. The number of fused-ring (bicyclic) bond motifs is 1. The van der Waals surface area contributed by atoms with Crippen molar-refractivity contribution < 1.29 is 8.42 Å². The van der Waals surface area contributed by atoms with E-state index < -0.39 is 9.84 Å². The van der Waals surface area contributed by atoms with Gasteiger partial charge in [0.05, 0.1) is 9.79 Å². The molecular formula is C25H32ClN3O2S. The number of sulfone groups is 1. The minimum absolute atomic E-state index is 0.132. The van der Waals surface area contributed by atoms with Crippen LogP contribution in [0, 0.1) is 0 Å². The molecule has 1 fully saturated rings. The van der Waals surface area contributed by atoms with Gasteiger partial charge in [0, 0.05) is 65.6 Å². The minimum Gasteiger partial charge on any atom is -0.369 e. The number of piperazine rings is 1. The molecule has 7 heteroatoms. The molecule has 1 aliphatic rings. The van der Waals surface area contributed by atoms with Crippen molar-refractivity contribution in [3.63, 3.8) is 0 Å². The Morgan fingerprint density at radius 1 is 0.969 bits per heavy atom. The molecule has 0 amide bonds. The first-order valence-corrected chi connectivity index (χ1v) is 13.0. The van der Waals surface area contributed by atoms with Crippen LogP contribution < -0.4 is 4.90 Å². The fraction of sp³-hybridized carbons (Fsp3) is 0.440. The van der Waals surface area contributed by atoms with E-state index in [1.165, 1.54) is 0 Å². The quantitative estimate of drug-likeness (QED) is 0.492. The van der Waals surface area contributed by atoms with Gasteiger partial charge in [0.25, 0.3) is 0 Å². The molecule has 32 heavy (non-hydrogen) atoms. The molecule has 5 nitrogen and oxygen atoms in total. The Morgan fingerprint density at radius 3 is 2.28 bits per heavy atom. The van der Waals surface area contributed by atoms with Crippen LogP contribution in [0.4, 0.5) is 5.69 Å². The van der Waals surface area contributed by atoms with Gasteiger partial charge in [0.1, 0.15) is 0 Å². The van der Waals surface area contributed by atoms with Crippen LogP contribution in [0.15, 0.2) is 58.5 Å². The second-order valence-electron chi connectivity index (χ2n) is 9.80. The molecule has 0 saturated carbocycles. The number of hydrogen-bond donors (Lipinski definition) is 0. The maximum atomic E-state index is 13.7. The second-order valence-corrected chi connectivity index (χ2v) is 12.2. The Morgan fingerprint density at radius 2 is 1.66 bits per heavy atom. The van der Waals surface area contributed by atoms with Crippen LogP contribution >= 0.6 is 11.6 Å². The lowest BCUT2D eigenvalue weighted by atomic mass is 10.0. The van der Waals surface area contributed by atoms with Gasteiger partial charge in [-0.2, -0.15) is 0 Å².